The Labute approximate surface area is 141 Å². The van der Waals surface area contributed by atoms with Crippen LogP contribution in [0.15, 0.2) is 18.2 Å². The number of hydrazine groups is 1. The minimum atomic E-state index is -0.443. The van der Waals surface area contributed by atoms with Gasteiger partial charge in [-0.15, -0.1) is 0 Å². The van der Waals surface area contributed by atoms with Crippen LogP contribution in [0.5, 0.6) is 5.75 Å². The molecule has 7 heteroatoms. The van der Waals surface area contributed by atoms with Gasteiger partial charge in [0, 0.05) is 12.7 Å². The van der Waals surface area contributed by atoms with Gasteiger partial charge in [0.25, 0.3) is 11.8 Å². The molecule has 2 aromatic rings. The molecule has 0 atom stereocenters. The lowest BCUT2D eigenvalue weighted by molar-refractivity contribution is -0.123. The normalized spacial score (nSPS) is 10.4. The van der Waals surface area contributed by atoms with Crippen LogP contribution in [0.3, 0.4) is 0 Å². The van der Waals surface area contributed by atoms with Crippen molar-refractivity contribution in [3.8, 4) is 5.75 Å². The fourth-order valence-electron chi connectivity index (χ4n) is 2.49. The molecule has 2 amide bonds. The van der Waals surface area contributed by atoms with Crippen LogP contribution in [0.1, 0.15) is 32.9 Å². The van der Waals surface area contributed by atoms with Crippen LogP contribution in [-0.2, 0) is 11.8 Å². The van der Waals surface area contributed by atoms with Crippen LogP contribution < -0.4 is 15.6 Å². The smallest absolute Gasteiger partial charge is 0.276 e. The van der Waals surface area contributed by atoms with Crippen molar-refractivity contribution < 1.29 is 14.3 Å². The zero-order valence-corrected chi connectivity index (χ0v) is 14.6. The van der Waals surface area contributed by atoms with Crippen LogP contribution in [0, 0.1) is 27.7 Å². The molecule has 2 N–H and O–H groups in total. The number of aryl methyl sites for hydroxylation is 4. The van der Waals surface area contributed by atoms with Gasteiger partial charge in [-0.3, -0.25) is 25.1 Å². The number of nitrogens with zero attached hydrogens (tertiary/aromatic N) is 2. The second-order valence-electron chi connectivity index (χ2n) is 5.78. The Morgan fingerprint density at radius 3 is 2.25 bits per heavy atom. The van der Waals surface area contributed by atoms with Gasteiger partial charge < -0.3 is 4.74 Å². The third-order valence-electron chi connectivity index (χ3n) is 3.62. The van der Waals surface area contributed by atoms with Gasteiger partial charge in [-0.25, -0.2) is 0 Å². The SMILES string of the molecule is Cc1cc(C)cc(OCC(=O)NNC(=O)c2c(C)nn(C)c2C)c1. The minimum Gasteiger partial charge on any atom is -0.484 e. The van der Waals surface area contributed by atoms with E-state index in [2.05, 4.69) is 16.0 Å². The highest BCUT2D eigenvalue weighted by molar-refractivity contribution is 5.97. The Morgan fingerprint density at radius 2 is 1.71 bits per heavy atom. The summed E-state index contributed by atoms with van der Waals surface area (Å²) < 4.78 is 7.06. The van der Waals surface area contributed by atoms with Crippen molar-refractivity contribution in [1.29, 1.82) is 0 Å². The Kier molecular flexibility index (Phi) is 5.23. The summed E-state index contributed by atoms with van der Waals surface area (Å²) in [7, 11) is 1.76. The van der Waals surface area contributed by atoms with Crippen molar-refractivity contribution in [1.82, 2.24) is 20.6 Å². The summed E-state index contributed by atoms with van der Waals surface area (Å²) in [6.45, 7) is 7.26. The van der Waals surface area contributed by atoms with E-state index >= 15 is 0 Å². The number of hydrogen-bond acceptors (Lipinski definition) is 4. The molecule has 7 nitrogen and oxygen atoms in total. The van der Waals surface area contributed by atoms with E-state index in [1.54, 1.807) is 25.6 Å². The van der Waals surface area contributed by atoms with Gasteiger partial charge in [0.15, 0.2) is 6.61 Å². The molecule has 2 rings (SSSR count). The van der Waals surface area contributed by atoms with Crippen molar-refractivity contribution in [3.63, 3.8) is 0 Å². The molecule has 1 heterocycles. The summed E-state index contributed by atoms with van der Waals surface area (Å²) in [6, 6.07) is 5.72. The molecule has 0 saturated heterocycles. The van der Waals surface area contributed by atoms with Crippen molar-refractivity contribution in [2.75, 3.05) is 6.61 Å². The molecule has 0 aliphatic rings. The number of hydrogen-bond donors (Lipinski definition) is 2. The lowest BCUT2D eigenvalue weighted by Gasteiger charge is -2.10. The first-order valence-corrected chi connectivity index (χ1v) is 7.58. The molecule has 0 radical (unpaired) electrons. The molecule has 0 unspecified atom stereocenters. The Hall–Kier alpha value is -2.83. The van der Waals surface area contributed by atoms with E-state index in [1.165, 1.54) is 0 Å². The largest absolute Gasteiger partial charge is 0.484 e. The molecule has 0 aliphatic heterocycles. The molecule has 0 saturated carbocycles. The Bertz CT molecular complexity index is 760. The monoisotopic (exact) mass is 330 g/mol. The van der Waals surface area contributed by atoms with Crippen molar-refractivity contribution in [2.24, 2.45) is 7.05 Å². The predicted molar refractivity (Wildman–Crippen MR) is 89.7 cm³/mol. The first-order valence-electron chi connectivity index (χ1n) is 7.58. The molecule has 24 heavy (non-hydrogen) atoms. The average Bonchev–Trinajstić information content (AvgIpc) is 2.74. The molecule has 0 spiro atoms. The van der Waals surface area contributed by atoms with E-state index in [9.17, 15) is 9.59 Å². The van der Waals surface area contributed by atoms with Gasteiger partial charge in [-0.2, -0.15) is 5.10 Å². The molecule has 0 fully saturated rings. The van der Waals surface area contributed by atoms with Gasteiger partial charge >= 0.3 is 0 Å². The van der Waals surface area contributed by atoms with Crippen molar-refractivity contribution in [3.05, 3.63) is 46.3 Å². The second-order valence-corrected chi connectivity index (χ2v) is 5.78. The summed E-state index contributed by atoms with van der Waals surface area (Å²) >= 11 is 0. The number of aromatic nitrogens is 2. The van der Waals surface area contributed by atoms with Crippen LogP contribution >= 0.6 is 0 Å². The first-order chi connectivity index (χ1) is 11.3. The topological polar surface area (TPSA) is 85.2 Å². The molecule has 1 aromatic heterocycles. The third-order valence-corrected chi connectivity index (χ3v) is 3.62. The third kappa shape index (κ3) is 4.13. The van der Waals surface area contributed by atoms with Crippen LogP contribution in [0.25, 0.3) is 0 Å². The summed E-state index contributed by atoms with van der Waals surface area (Å²) in [5.74, 6) is -0.229. The molecule has 1 aromatic carbocycles. The van der Waals surface area contributed by atoms with E-state index < -0.39 is 11.8 Å². The zero-order chi connectivity index (χ0) is 17.9. The minimum absolute atomic E-state index is 0.186. The number of carbonyl (C=O) groups is 2. The maximum Gasteiger partial charge on any atom is 0.276 e. The van der Waals surface area contributed by atoms with E-state index in [0.29, 0.717) is 17.0 Å². The van der Waals surface area contributed by atoms with Crippen LogP contribution in [0.4, 0.5) is 0 Å². The molecule has 0 bridgehead atoms. The highest BCUT2D eigenvalue weighted by Gasteiger charge is 2.17. The van der Waals surface area contributed by atoms with Crippen LogP contribution in [-0.4, -0.2) is 28.2 Å². The number of benzene rings is 1. The fourth-order valence-corrected chi connectivity index (χ4v) is 2.49. The molecule has 128 valence electrons. The number of ether oxygens (including phenoxy) is 1. The Morgan fingerprint density at radius 1 is 1.08 bits per heavy atom. The second kappa shape index (κ2) is 7.16. The number of nitrogens with one attached hydrogen (secondary N) is 2. The average molecular weight is 330 g/mol. The summed E-state index contributed by atoms with van der Waals surface area (Å²) in [6.07, 6.45) is 0. The maximum absolute atomic E-state index is 12.1. The van der Waals surface area contributed by atoms with E-state index in [-0.39, 0.29) is 6.61 Å². The maximum atomic E-state index is 12.1. The molecular formula is C17H22N4O3. The van der Waals surface area contributed by atoms with E-state index in [1.807, 2.05) is 32.0 Å². The van der Waals surface area contributed by atoms with Crippen molar-refractivity contribution in [2.45, 2.75) is 27.7 Å². The van der Waals surface area contributed by atoms with Gasteiger partial charge in [0.1, 0.15) is 5.75 Å². The van der Waals surface area contributed by atoms with Crippen LogP contribution in [0.2, 0.25) is 0 Å². The quantitative estimate of drug-likeness (QED) is 0.832. The lowest BCUT2D eigenvalue weighted by Crippen LogP contribution is -2.44. The zero-order valence-electron chi connectivity index (χ0n) is 14.6. The lowest BCUT2D eigenvalue weighted by atomic mass is 10.1. The summed E-state index contributed by atoms with van der Waals surface area (Å²) in [5.41, 5.74) is 8.62. The van der Waals surface area contributed by atoms with Crippen molar-refractivity contribution >= 4 is 11.8 Å². The molecule has 0 aliphatic carbocycles. The first kappa shape index (κ1) is 17.5. The van der Waals surface area contributed by atoms with Gasteiger partial charge in [-0.05, 0) is 51.0 Å². The highest BCUT2D eigenvalue weighted by atomic mass is 16.5. The standard InChI is InChI=1S/C17H22N4O3/c1-10-6-11(2)8-14(7-10)24-9-15(22)18-19-17(23)16-12(3)20-21(5)13(16)4/h6-8H,9H2,1-5H3,(H,18,22)(H,19,23). The predicted octanol–water partition coefficient (Wildman–Crippen LogP) is 1.49. The van der Waals surface area contributed by atoms with Gasteiger partial charge in [0.2, 0.25) is 0 Å². The summed E-state index contributed by atoms with van der Waals surface area (Å²) in [4.78, 5) is 24.0. The fraction of sp³-hybridized carbons (Fsp3) is 0.353. The number of rotatable bonds is 4. The van der Waals surface area contributed by atoms with Gasteiger partial charge in [-0.1, -0.05) is 6.07 Å². The number of carbonyl (C=O) groups excluding carboxylic acids is 2. The molecular weight excluding hydrogens is 308 g/mol. The van der Waals surface area contributed by atoms with Gasteiger partial charge in [0.05, 0.1) is 11.3 Å². The number of amides is 2. The highest BCUT2D eigenvalue weighted by Crippen LogP contribution is 2.16. The van der Waals surface area contributed by atoms with E-state index in [4.69, 9.17) is 4.74 Å². The van der Waals surface area contributed by atoms with E-state index in [0.717, 1.165) is 16.8 Å². The summed E-state index contributed by atoms with van der Waals surface area (Å²) in [5, 5.41) is 4.17. The Balaban J connectivity index is 1.88.